The normalized spacial score (nSPS) is 10.5. The fourth-order valence-corrected chi connectivity index (χ4v) is 3.90. The van der Waals surface area contributed by atoms with Gasteiger partial charge in [0.25, 0.3) is 0 Å². The van der Waals surface area contributed by atoms with E-state index in [2.05, 4.69) is 69.8 Å². The molecule has 0 radical (unpaired) electrons. The number of hydrogen-bond acceptors (Lipinski definition) is 1. The maximum Gasteiger partial charge on any atom is 0.134 e. The highest BCUT2D eigenvalue weighted by atomic mass is 79.9. The second-order valence-corrected chi connectivity index (χ2v) is 7.07. The number of hydrogen-bond donors (Lipinski definition) is 0. The summed E-state index contributed by atoms with van der Waals surface area (Å²) in [5.74, 6) is 0.804. The first-order chi connectivity index (χ1) is 8.52. The molecule has 0 saturated heterocycles. The first-order valence-electron chi connectivity index (χ1n) is 5.01. The summed E-state index contributed by atoms with van der Waals surface area (Å²) in [6.07, 6.45) is 0. The van der Waals surface area contributed by atoms with Crippen molar-refractivity contribution in [2.24, 2.45) is 0 Å². The molecular formula is C13H8Br4O. The van der Waals surface area contributed by atoms with Crippen molar-refractivity contribution in [1.82, 2.24) is 0 Å². The maximum atomic E-state index is 5.27. The van der Waals surface area contributed by atoms with Gasteiger partial charge in [-0.1, -0.05) is 53.9 Å². The van der Waals surface area contributed by atoms with E-state index >= 15 is 0 Å². The number of ether oxygens (including phenoxy) is 1. The van der Waals surface area contributed by atoms with Gasteiger partial charge in [0.2, 0.25) is 0 Å². The van der Waals surface area contributed by atoms with E-state index in [1.807, 2.05) is 24.3 Å². The van der Waals surface area contributed by atoms with Gasteiger partial charge in [0.15, 0.2) is 0 Å². The van der Waals surface area contributed by atoms with Crippen molar-refractivity contribution in [2.75, 3.05) is 7.11 Å². The maximum absolute atomic E-state index is 5.27. The number of methoxy groups -OCH3 is 1. The highest BCUT2D eigenvalue weighted by Crippen LogP contribution is 2.40. The van der Waals surface area contributed by atoms with E-state index in [9.17, 15) is 0 Å². The van der Waals surface area contributed by atoms with Gasteiger partial charge in [-0.15, -0.1) is 0 Å². The summed E-state index contributed by atoms with van der Waals surface area (Å²) in [5, 5.41) is 0. The van der Waals surface area contributed by atoms with E-state index in [4.69, 9.17) is 4.74 Å². The van der Waals surface area contributed by atoms with Crippen LogP contribution in [0.25, 0.3) is 11.1 Å². The summed E-state index contributed by atoms with van der Waals surface area (Å²) in [4.78, 5) is 0. The van der Waals surface area contributed by atoms with Crippen LogP contribution in [-0.4, -0.2) is 7.11 Å². The zero-order valence-electron chi connectivity index (χ0n) is 9.31. The van der Waals surface area contributed by atoms with Gasteiger partial charge in [0, 0.05) is 13.4 Å². The Hall–Kier alpha value is 0.160. The largest absolute Gasteiger partial charge is 0.496 e. The lowest BCUT2D eigenvalue weighted by molar-refractivity contribution is 0.412. The van der Waals surface area contributed by atoms with Crippen LogP contribution in [0.5, 0.6) is 5.75 Å². The van der Waals surface area contributed by atoms with Crippen molar-refractivity contribution in [1.29, 1.82) is 0 Å². The molecule has 0 unspecified atom stereocenters. The zero-order chi connectivity index (χ0) is 13.3. The summed E-state index contributed by atoms with van der Waals surface area (Å²) in [5.41, 5.74) is 2.22. The topological polar surface area (TPSA) is 9.23 Å². The predicted octanol–water partition coefficient (Wildman–Crippen LogP) is 6.41. The van der Waals surface area contributed by atoms with Gasteiger partial charge in [0.05, 0.1) is 11.6 Å². The van der Waals surface area contributed by atoms with E-state index in [0.29, 0.717) is 0 Å². The van der Waals surface area contributed by atoms with Crippen LogP contribution >= 0.6 is 63.7 Å². The molecule has 0 fully saturated rings. The van der Waals surface area contributed by atoms with Gasteiger partial charge in [-0.05, 0) is 51.3 Å². The van der Waals surface area contributed by atoms with E-state index in [1.165, 1.54) is 0 Å². The SMILES string of the molecule is COc1cc(Br)c(-c2ccc(Br)cc2Br)cc1Br. The van der Waals surface area contributed by atoms with Crippen LogP contribution in [0.3, 0.4) is 0 Å². The van der Waals surface area contributed by atoms with Crippen LogP contribution in [0.2, 0.25) is 0 Å². The van der Waals surface area contributed by atoms with E-state index in [-0.39, 0.29) is 0 Å². The lowest BCUT2D eigenvalue weighted by atomic mass is 10.1. The van der Waals surface area contributed by atoms with Crippen molar-refractivity contribution >= 4 is 63.7 Å². The van der Waals surface area contributed by atoms with Crippen molar-refractivity contribution in [3.63, 3.8) is 0 Å². The van der Waals surface area contributed by atoms with Crippen LogP contribution in [-0.2, 0) is 0 Å². The molecule has 0 aromatic heterocycles. The molecule has 0 heterocycles. The highest BCUT2D eigenvalue weighted by molar-refractivity contribution is 9.11. The summed E-state index contributed by atoms with van der Waals surface area (Å²) in [7, 11) is 1.65. The molecule has 2 aromatic carbocycles. The van der Waals surface area contributed by atoms with E-state index in [0.717, 1.165) is 34.8 Å². The first kappa shape index (κ1) is 14.6. The van der Waals surface area contributed by atoms with Crippen molar-refractivity contribution in [3.05, 3.63) is 48.2 Å². The van der Waals surface area contributed by atoms with Crippen molar-refractivity contribution in [2.45, 2.75) is 0 Å². The van der Waals surface area contributed by atoms with Crippen LogP contribution in [0, 0.1) is 0 Å². The van der Waals surface area contributed by atoms with Gasteiger partial charge in [-0.3, -0.25) is 0 Å². The molecule has 5 heteroatoms. The lowest BCUT2D eigenvalue weighted by Crippen LogP contribution is -1.88. The number of benzene rings is 2. The highest BCUT2D eigenvalue weighted by Gasteiger charge is 2.11. The molecule has 18 heavy (non-hydrogen) atoms. The van der Waals surface area contributed by atoms with Crippen molar-refractivity contribution < 1.29 is 4.74 Å². The average molecular weight is 500 g/mol. The van der Waals surface area contributed by atoms with Crippen LogP contribution in [0.15, 0.2) is 48.2 Å². The first-order valence-corrected chi connectivity index (χ1v) is 8.18. The van der Waals surface area contributed by atoms with Gasteiger partial charge in [0.1, 0.15) is 5.75 Å². The minimum Gasteiger partial charge on any atom is -0.496 e. The van der Waals surface area contributed by atoms with Crippen LogP contribution in [0.4, 0.5) is 0 Å². The third kappa shape index (κ3) is 3.00. The van der Waals surface area contributed by atoms with E-state index < -0.39 is 0 Å². The Morgan fingerprint density at radius 2 is 1.44 bits per heavy atom. The Kier molecular flexibility index (Phi) is 4.92. The standard InChI is InChI=1S/C13H8Br4O/c1-18-13-6-11(16)9(5-12(13)17)8-3-2-7(14)4-10(8)15/h2-6H,1H3. The predicted molar refractivity (Wildman–Crippen MR) is 89.2 cm³/mol. The number of rotatable bonds is 2. The lowest BCUT2D eigenvalue weighted by Gasteiger charge is -2.11. The molecule has 0 amide bonds. The molecule has 0 N–H and O–H groups in total. The smallest absolute Gasteiger partial charge is 0.134 e. The molecule has 0 aliphatic rings. The second kappa shape index (κ2) is 6.07. The molecule has 94 valence electrons. The molecule has 2 aromatic rings. The molecule has 0 aliphatic carbocycles. The monoisotopic (exact) mass is 496 g/mol. The Labute approximate surface area is 139 Å². The Bertz CT molecular complexity index is 596. The summed E-state index contributed by atoms with van der Waals surface area (Å²) < 4.78 is 9.27. The molecule has 2 rings (SSSR count). The third-order valence-corrected chi connectivity index (χ3v) is 4.89. The van der Waals surface area contributed by atoms with Crippen LogP contribution in [0.1, 0.15) is 0 Å². The second-order valence-electron chi connectivity index (χ2n) is 3.59. The Morgan fingerprint density at radius 3 is 2.06 bits per heavy atom. The fraction of sp³-hybridized carbons (Fsp3) is 0.0769. The fourth-order valence-electron chi connectivity index (χ4n) is 1.60. The molecule has 0 atom stereocenters. The third-order valence-electron chi connectivity index (χ3n) is 2.46. The van der Waals surface area contributed by atoms with Crippen molar-refractivity contribution in [3.8, 4) is 16.9 Å². The zero-order valence-corrected chi connectivity index (χ0v) is 15.7. The average Bonchev–Trinajstić information content (AvgIpc) is 2.32. The quantitative estimate of drug-likeness (QED) is 0.464. The minimum atomic E-state index is 0.804. The molecule has 1 nitrogen and oxygen atoms in total. The van der Waals surface area contributed by atoms with Gasteiger partial charge >= 0.3 is 0 Å². The molecule has 0 saturated carbocycles. The van der Waals surface area contributed by atoms with Gasteiger partial charge in [-0.25, -0.2) is 0 Å². The molecule has 0 aliphatic heterocycles. The summed E-state index contributed by atoms with van der Waals surface area (Å²) in [6, 6.07) is 10.1. The molecule has 0 bridgehead atoms. The van der Waals surface area contributed by atoms with Gasteiger partial charge in [-0.2, -0.15) is 0 Å². The van der Waals surface area contributed by atoms with Gasteiger partial charge < -0.3 is 4.74 Å². The molecular weight excluding hydrogens is 492 g/mol. The van der Waals surface area contributed by atoms with E-state index in [1.54, 1.807) is 7.11 Å². The summed E-state index contributed by atoms with van der Waals surface area (Å²) >= 11 is 14.1. The minimum absolute atomic E-state index is 0.804. The Balaban J connectivity index is 2.60. The Morgan fingerprint density at radius 1 is 0.778 bits per heavy atom. The summed E-state index contributed by atoms with van der Waals surface area (Å²) in [6.45, 7) is 0. The number of halogens is 4. The van der Waals surface area contributed by atoms with Crippen LogP contribution < -0.4 is 4.74 Å². The molecule has 0 spiro atoms.